The van der Waals surface area contributed by atoms with Gasteiger partial charge in [-0.2, -0.15) is 0 Å². The molecule has 1 heterocycles. The van der Waals surface area contributed by atoms with E-state index in [4.69, 9.17) is 16.7 Å². The summed E-state index contributed by atoms with van der Waals surface area (Å²) in [7, 11) is 0. The molecule has 1 fully saturated rings. The first-order valence-corrected chi connectivity index (χ1v) is 11.4. The van der Waals surface area contributed by atoms with Crippen LogP contribution in [0.2, 0.25) is 5.02 Å². The molecule has 1 aliphatic rings. The van der Waals surface area contributed by atoms with Crippen molar-refractivity contribution in [3.8, 4) is 0 Å². The van der Waals surface area contributed by atoms with Crippen molar-refractivity contribution in [2.45, 2.75) is 37.5 Å². The number of nitrogens with one attached hydrogen (secondary N) is 1. The van der Waals surface area contributed by atoms with Crippen molar-refractivity contribution in [3.05, 3.63) is 101 Å². The molecule has 168 valence electrons. The van der Waals surface area contributed by atoms with E-state index in [-0.39, 0.29) is 12.3 Å². The second-order valence-corrected chi connectivity index (χ2v) is 8.71. The number of carboxylic acids is 1. The average Bonchev–Trinajstić information content (AvgIpc) is 3.62. The maximum absolute atomic E-state index is 13.2. The zero-order valence-electron chi connectivity index (χ0n) is 18.1. The quantitative estimate of drug-likeness (QED) is 0.378. The molecular weight excluding hydrogens is 436 g/mol. The summed E-state index contributed by atoms with van der Waals surface area (Å²) in [4.78, 5) is 28.3. The lowest BCUT2D eigenvalue weighted by molar-refractivity contribution is -0.137. The van der Waals surface area contributed by atoms with E-state index < -0.39 is 11.4 Å². The van der Waals surface area contributed by atoms with Gasteiger partial charge >= 0.3 is 5.97 Å². The SMILES string of the molecule is O=C(O)CCCC=C(c1cccnc1)c1cccc(NC(=O)C2(c3ccc(Cl)cc3)CC2)c1. The van der Waals surface area contributed by atoms with Gasteiger partial charge in [-0.25, -0.2) is 0 Å². The standard InChI is InChI=1S/C27H25ClN2O3/c28-22-12-10-21(11-13-22)27(14-15-27)26(33)30-23-7-3-5-19(17-23)24(8-1-2-9-25(31)32)20-6-4-16-29-18-20/h3-8,10-13,16-18H,1-2,9,14-15H2,(H,30,33)(H,31,32). The van der Waals surface area contributed by atoms with Gasteiger partial charge in [0.1, 0.15) is 0 Å². The minimum Gasteiger partial charge on any atom is -0.481 e. The Kier molecular flexibility index (Phi) is 6.90. The Bertz CT molecular complexity index is 1170. The minimum atomic E-state index is -0.800. The number of hydrogen-bond donors (Lipinski definition) is 2. The van der Waals surface area contributed by atoms with Crippen LogP contribution in [0, 0.1) is 0 Å². The number of unbranched alkanes of at least 4 members (excludes halogenated alkanes) is 1. The van der Waals surface area contributed by atoms with Gasteiger partial charge in [0.2, 0.25) is 5.91 Å². The number of carbonyl (C=O) groups is 2. The van der Waals surface area contributed by atoms with E-state index in [1.165, 1.54) is 0 Å². The Morgan fingerprint density at radius 3 is 2.48 bits per heavy atom. The van der Waals surface area contributed by atoms with Crippen molar-refractivity contribution in [1.82, 2.24) is 4.98 Å². The van der Waals surface area contributed by atoms with Gasteiger partial charge < -0.3 is 10.4 Å². The van der Waals surface area contributed by atoms with Crippen LogP contribution < -0.4 is 5.32 Å². The van der Waals surface area contributed by atoms with Crippen molar-refractivity contribution in [3.63, 3.8) is 0 Å². The van der Waals surface area contributed by atoms with Gasteiger partial charge in [-0.3, -0.25) is 14.6 Å². The highest BCUT2D eigenvalue weighted by Gasteiger charge is 2.51. The zero-order valence-corrected chi connectivity index (χ0v) is 18.9. The van der Waals surface area contributed by atoms with Gasteiger partial charge in [-0.1, -0.05) is 48.0 Å². The summed E-state index contributed by atoms with van der Waals surface area (Å²) in [5, 5.41) is 12.7. The van der Waals surface area contributed by atoms with E-state index in [2.05, 4.69) is 10.3 Å². The molecule has 3 aromatic rings. The second-order valence-electron chi connectivity index (χ2n) is 8.27. The fourth-order valence-electron chi connectivity index (χ4n) is 3.98. The van der Waals surface area contributed by atoms with Crippen LogP contribution in [0.1, 0.15) is 48.8 Å². The molecule has 0 spiro atoms. The fraction of sp³-hybridized carbons (Fsp3) is 0.222. The second kappa shape index (κ2) is 10.0. The Morgan fingerprint density at radius 1 is 1.06 bits per heavy atom. The molecule has 1 amide bonds. The molecule has 2 aromatic carbocycles. The molecule has 33 heavy (non-hydrogen) atoms. The summed E-state index contributed by atoms with van der Waals surface area (Å²) in [5.41, 5.74) is 4.04. The summed E-state index contributed by atoms with van der Waals surface area (Å²) in [5.74, 6) is -0.818. The van der Waals surface area contributed by atoms with E-state index in [1.54, 1.807) is 12.4 Å². The van der Waals surface area contributed by atoms with Gasteiger partial charge in [0.25, 0.3) is 0 Å². The summed E-state index contributed by atoms with van der Waals surface area (Å²) in [6.45, 7) is 0. The normalized spacial score (nSPS) is 14.5. The highest BCUT2D eigenvalue weighted by atomic mass is 35.5. The molecule has 1 saturated carbocycles. The number of aliphatic carboxylic acids is 1. The highest BCUT2D eigenvalue weighted by molar-refractivity contribution is 6.30. The van der Waals surface area contributed by atoms with E-state index in [1.807, 2.05) is 66.7 Å². The van der Waals surface area contributed by atoms with Crippen molar-refractivity contribution in [2.24, 2.45) is 0 Å². The number of allylic oxidation sites excluding steroid dienone is 1. The molecule has 2 N–H and O–H groups in total. The number of benzene rings is 2. The number of carbonyl (C=O) groups excluding carboxylic acids is 1. The fourth-order valence-corrected chi connectivity index (χ4v) is 4.11. The van der Waals surface area contributed by atoms with E-state index in [0.29, 0.717) is 17.9 Å². The Balaban J connectivity index is 1.56. The van der Waals surface area contributed by atoms with E-state index >= 15 is 0 Å². The number of anilines is 1. The zero-order chi connectivity index (χ0) is 23.3. The molecule has 0 atom stereocenters. The largest absolute Gasteiger partial charge is 0.481 e. The lowest BCUT2D eigenvalue weighted by Gasteiger charge is -2.17. The predicted octanol–water partition coefficient (Wildman–Crippen LogP) is 6.09. The number of hydrogen-bond acceptors (Lipinski definition) is 3. The van der Waals surface area contributed by atoms with Crippen LogP contribution in [0.5, 0.6) is 0 Å². The number of nitrogens with zero attached hydrogens (tertiary/aromatic N) is 1. The predicted molar refractivity (Wildman–Crippen MR) is 130 cm³/mol. The third-order valence-electron chi connectivity index (χ3n) is 5.93. The lowest BCUT2D eigenvalue weighted by atomic mass is 9.94. The summed E-state index contributed by atoms with van der Waals surface area (Å²) in [6.07, 6.45) is 8.47. The first kappa shape index (κ1) is 22.7. The van der Waals surface area contributed by atoms with Gasteiger partial charge in [0.15, 0.2) is 0 Å². The smallest absolute Gasteiger partial charge is 0.303 e. The van der Waals surface area contributed by atoms with Crippen LogP contribution in [-0.4, -0.2) is 22.0 Å². The number of rotatable bonds is 9. The Morgan fingerprint density at radius 2 is 1.82 bits per heavy atom. The lowest BCUT2D eigenvalue weighted by Crippen LogP contribution is -2.27. The van der Waals surface area contributed by atoms with Gasteiger partial charge in [-0.05, 0) is 72.7 Å². The number of amides is 1. The van der Waals surface area contributed by atoms with Gasteiger partial charge in [0, 0.05) is 35.1 Å². The van der Waals surface area contributed by atoms with Crippen LogP contribution in [0.15, 0.2) is 79.1 Å². The third kappa shape index (κ3) is 5.49. The number of pyridine rings is 1. The first-order chi connectivity index (χ1) is 16.0. The first-order valence-electron chi connectivity index (χ1n) is 11.0. The maximum Gasteiger partial charge on any atom is 0.303 e. The van der Waals surface area contributed by atoms with E-state index in [0.717, 1.165) is 40.8 Å². The van der Waals surface area contributed by atoms with Crippen LogP contribution >= 0.6 is 11.6 Å². The third-order valence-corrected chi connectivity index (χ3v) is 6.18. The molecule has 5 nitrogen and oxygen atoms in total. The van der Waals surface area contributed by atoms with Crippen molar-refractivity contribution in [1.29, 1.82) is 0 Å². The topological polar surface area (TPSA) is 79.3 Å². The molecule has 1 aliphatic carbocycles. The molecule has 0 bridgehead atoms. The molecule has 1 aromatic heterocycles. The molecular formula is C27H25ClN2O3. The summed E-state index contributed by atoms with van der Waals surface area (Å²) in [6, 6.07) is 19.1. The van der Waals surface area contributed by atoms with Gasteiger partial charge in [-0.15, -0.1) is 0 Å². The number of aromatic nitrogens is 1. The Labute approximate surface area is 198 Å². The molecule has 0 unspecified atom stereocenters. The average molecular weight is 461 g/mol. The maximum atomic E-state index is 13.2. The van der Waals surface area contributed by atoms with Crippen molar-refractivity contribution in [2.75, 3.05) is 5.32 Å². The Hall–Kier alpha value is -3.44. The van der Waals surface area contributed by atoms with Crippen LogP contribution in [0.3, 0.4) is 0 Å². The minimum absolute atomic E-state index is 0.0182. The molecule has 0 aliphatic heterocycles. The van der Waals surface area contributed by atoms with E-state index in [9.17, 15) is 9.59 Å². The van der Waals surface area contributed by atoms with Crippen LogP contribution in [0.4, 0.5) is 5.69 Å². The van der Waals surface area contributed by atoms with Crippen molar-refractivity contribution < 1.29 is 14.7 Å². The monoisotopic (exact) mass is 460 g/mol. The molecule has 4 rings (SSSR count). The highest BCUT2D eigenvalue weighted by Crippen LogP contribution is 2.49. The number of carboxylic acid groups (broad SMARTS) is 1. The number of halogens is 1. The van der Waals surface area contributed by atoms with Crippen LogP contribution in [-0.2, 0) is 15.0 Å². The molecule has 6 heteroatoms. The molecule has 0 radical (unpaired) electrons. The van der Waals surface area contributed by atoms with Gasteiger partial charge in [0.05, 0.1) is 5.41 Å². The summed E-state index contributed by atoms with van der Waals surface area (Å²) >= 11 is 6.01. The van der Waals surface area contributed by atoms with Crippen LogP contribution in [0.25, 0.3) is 5.57 Å². The molecule has 0 saturated heterocycles. The summed E-state index contributed by atoms with van der Waals surface area (Å²) < 4.78 is 0. The van der Waals surface area contributed by atoms with Crippen molar-refractivity contribution >= 4 is 34.7 Å².